The third kappa shape index (κ3) is 4.58. The van der Waals surface area contributed by atoms with Crippen LogP contribution in [-0.2, 0) is 13.1 Å². The number of benzene rings is 1. The van der Waals surface area contributed by atoms with Crippen molar-refractivity contribution >= 4 is 0 Å². The molecule has 1 aliphatic heterocycles. The maximum absolute atomic E-state index is 5.26. The van der Waals surface area contributed by atoms with Gasteiger partial charge in [-0.2, -0.15) is 0 Å². The average Bonchev–Trinajstić information content (AvgIpc) is 3.09. The van der Waals surface area contributed by atoms with Gasteiger partial charge in [0, 0.05) is 50.1 Å². The van der Waals surface area contributed by atoms with Crippen molar-refractivity contribution in [2.24, 2.45) is 0 Å². The fourth-order valence-corrected chi connectivity index (χ4v) is 3.72. The second-order valence-corrected chi connectivity index (χ2v) is 7.18. The molecule has 0 unspecified atom stereocenters. The smallest absolute Gasteiger partial charge is 0.127 e. The molecular weight excluding hydrogens is 350 g/mol. The van der Waals surface area contributed by atoms with Gasteiger partial charge in [0.25, 0.3) is 0 Å². The molecule has 28 heavy (non-hydrogen) atoms. The minimum Gasteiger partial charge on any atom is -0.497 e. The van der Waals surface area contributed by atoms with Gasteiger partial charge >= 0.3 is 0 Å². The van der Waals surface area contributed by atoms with Gasteiger partial charge in [0.1, 0.15) is 11.6 Å². The molecule has 1 saturated heterocycles. The first-order valence-corrected chi connectivity index (χ1v) is 9.82. The number of methoxy groups -OCH3 is 1. The Kier molecular flexibility index (Phi) is 5.99. The minimum absolute atomic E-state index is 0.861. The van der Waals surface area contributed by atoms with Crippen molar-refractivity contribution in [2.45, 2.75) is 19.5 Å². The van der Waals surface area contributed by atoms with Crippen LogP contribution in [0.5, 0.6) is 5.75 Å². The molecule has 0 spiro atoms. The Hall–Kier alpha value is -2.70. The summed E-state index contributed by atoms with van der Waals surface area (Å²) in [5, 5.41) is 0. The van der Waals surface area contributed by atoms with E-state index in [1.54, 1.807) is 7.11 Å². The number of nitrogens with zero attached hydrogens (tertiary/aromatic N) is 5. The average molecular weight is 377 g/mol. The molecule has 1 aromatic carbocycles. The lowest BCUT2D eigenvalue weighted by Gasteiger charge is -2.22. The Morgan fingerprint density at radius 2 is 1.71 bits per heavy atom. The highest BCUT2D eigenvalue weighted by Gasteiger charge is 2.17. The number of hydrogen-bond acceptors (Lipinski definition) is 5. The predicted octanol–water partition coefficient (Wildman–Crippen LogP) is 2.98. The summed E-state index contributed by atoms with van der Waals surface area (Å²) in [6.45, 7) is 6.17. The van der Waals surface area contributed by atoms with E-state index in [9.17, 15) is 0 Å². The molecule has 0 amide bonds. The highest BCUT2D eigenvalue weighted by Crippen LogP contribution is 2.18. The quantitative estimate of drug-likeness (QED) is 0.661. The molecule has 0 bridgehead atoms. The summed E-state index contributed by atoms with van der Waals surface area (Å²) < 4.78 is 7.43. The molecule has 2 aromatic heterocycles. The highest BCUT2D eigenvalue weighted by molar-refractivity contribution is 5.38. The van der Waals surface area contributed by atoms with Crippen LogP contribution < -0.4 is 4.74 Å². The maximum atomic E-state index is 5.26. The van der Waals surface area contributed by atoms with E-state index in [0.717, 1.165) is 56.5 Å². The Morgan fingerprint density at radius 3 is 2.43 bits per heavy atom. The van der Waals surface area contributed by atoms with Crippen LogP contribution in [0, 0.1) is 0 Å². The van der Waals surface area contributed by atoms with Gasteiger partial charge in [0.05, 0.1) is 13.7 Å². The lowest BCUT2D eigenvalue weighted by Crippen LogP contribution is -2.31. The first kappa shape index (κ1) is 18.7. The summed E-state index contributed by atoms with van der Waals surface area (Å²) >= 11 is 0. The van der Waals surface area contributed by atoms with Gasteiger partial charge in [0.2, 0.25) is 0 Å². The zero-order chi connectivity index (χ0) is 19.2. The highest BCUT2D eigenvalue weighted by atomic mass is 16.5. The molecule has 0 atom stereocenters. The summed E-state index contributed by atoms with van der Waals surface area (Å²) in [5.41, 5.74) is 2.40. The second-order valence-electron chi connectivity index (χ2n) is 7.18. The second kappa shape index (κ2) is 8.99. The van der Waals surface area contributed by atoms with Gasteiger partial charge in [0.15, 0.2) is 0 Å². The van der Waals surface area contributed by atoms with Crippen molar-refractivity contribution in [3.8, 4) is 11.4 Å². The van der Waals surface area contributed by atoms with E-state index < -0.39 is 0 Å². The molecule has 0 saturated carbocycles. The topological polar surface area (TPSA) is 46.4 Å². The Balaban J connectivity index is 1.38. The predicted molar refractivity (Wildman–Crippen MR) is 110 cm³/mol. The molecule has 6 nitrogen and oxygen atoms in total. The summed E-state index contributed by atoms with van der Waals surface area (Å²) in [6.07, 6.45) is 8.88. The lowest BCUT2D eigenvalue weighted by atomic mass is 10.2. The summed E-state index contributed by atoms with van der Waals surface area (Å²) in [4.78, 5) is 13.9. The van der Waals surface area contributed by atoms with Crippen molar-refractivity contribution in [3.05, 3.63) is 72.6 Å². The molecule has 1 fully saturated rings. The van der Waals surface area contributed by atoms with Gasteiger partial charge in [-0.1, -0.05) is 6.07 Å². The van der Waals surface area contributed by atoms with Gasteiger partial charge in [-0.05, 0) is 55.4 Å². The number of imidazole rings is 1. The van der Waals surface area contributed by atoms with Crippen molar-refractivity contribution in [1.29, 1.82) is 0 Å². The molecule has 1 aliphatic rings. The summed E-state index contributed by atoms with van der Waals surface area (Å²) in [5.74, 6) is 1.94. The monoisotopic (exact) mass is 377 g/mol. The molecule has 146 valence electrons. The zero-order valence-electron chi connectivity index (χ0n) is 16.4. The Labute approximate surface area is 166 Å². The maximum Gasteiger partial charge on any atom is 0.127 e. The van der Waals surface area contributed by atoms with E-state index in [1.807, 2.05) is 43.0 Å². The van der Waals surface area contributed by atoms with Crippen molar-refractivity contribution in [2.75, 3.05) is 33.3 Å². The summed E-state index contributed by atoms with van der Waals surface area (Å²) in [7, 11) is 1.69. The van der Waals surface area contributed by atoms with Crippen LogP contribution in [0.4, 0.5) is 0 Å². The minimum atomic E-state index is 0.861. The number of rotatable bonds is 6. The van der Waals surface area contributed by atoms with Crippen LogP contribution in [-0.4, -0.2) is 57.6 Å². The lowest BCUT2D eigenvalue weighted by molar-refractivity contribution is 0.243. The molecule has 0 radical (unpaired) electrons. The van der Waals surface area contributed by atoms with Crippen LogP contribution in [0.25, 0.3) is 5.69 Å². The largest absolute Gasteiger partial charge is 0.497 e. The zero-order valence-corrected chi connectivity index (χ0v) is 16.4. The van der Waals surface area contributed by atoms with Gasteiger partial charge in [-0.15, -0.1) is 0 Å². The Morgan fingerprint density at radius 1 is 0.929 bits per heavy atom. The SMILES string of the molecule is COc1ccc(-n2ccnc2CN2CCCN(Cc3cccnc3)CC2)cc1. The fraction of sp³-hybridized carbons (Fsp3) is 0.364. The van der Waals surface area contributed by atoms with Crippen molar-refractivity contribution < 1.29 is 4.74 Å². The molecule has 3 aromatic rings. The van der Waals surface area contributed by atoms with E-state index in [-0.39, 0.29) is 0 Å². The van der Waals surface area contributed by atoms with Crippen LogP contribution >= 0.6 is 0 Å². The molecule has 0 N–H and O–H groups in total. The van der Waals surface area contributed by atoms with E-state index in [4.69, 9.17) is 4.74 Å². The number of hydrogen-bond donors (Lipinski definition) is 0. The van der Waals surface area contributed by atoms with Crippen LogP contribution in [0.15, 0.2) is 61.2 Å². The van der Waals surface area contributed by atoms with Crippen LogP contribution in [0.2, 0.25) is 0 Å². The van der Waals surface area contributed by atoms with Crippen LogP contribution in [0.3, 0.4) is 0 Å². The van der Waals surface area contributed by atoms with Gasteiger partial charge < -0.3 is 9.30 Å². The fourth-order valence-electron chi connectivity index (χ4n) is 3.72. The normalized spacial score (nSPS) is 16.0. The van der Waals surface area contributed by atoms with E-state index in [2.05, 4.69) is 42.5 Å². The van der Waals surface area contributed by atoms with Crippen LogP contribution in [0.1, 0.15) is 17.8 Å². The van der Waals surface area contributed by atoms with Crippen molar-refractivity contribution in [1.82, 2.24) is 24.3 Å². The number of pyridine rings is 1. The first-order chi connectivity index (χ1) is 13.8. The molecule has 3 heterocycles. The van der Waals surface area contributed by atoms with E-state index in [1.165, 1.54) is 12.0 Å². The standard InChI is InChI=1S/C22H27N5O/c1-28-21-7-5-20(6-8-21)27-13-10-24-22(27)18-26-12-3-11-25(14-15-26)17-19-4-2-9-23-16-19/h2,4-10,13,16H,3,11-12,14-15,17-18H2,1H3. The van der Waals surface area contributed by atoms with E-state index in [0.29, 0.717) is 0 Å². The third-order valence-electron chi connectivity index (χ3n) is 5.24. The van der Waals surface area contributed by atoms with Gasteiger partial charge in [-0.3, -0.25) is 14.8 Å². The molecule has 6 heteroatoms. The Bertz CT molecular complexity index is 862. The first-order valence-electron chi connectivity index (χ1n) is 9.82. The number of ether oxygens (including phenoxy) is 1. The van der Waals surface area contributed by atoms with Gasteiger partial charge in [-0.25, -0.2) is 4.98 Å². The molecular formula is C22H27N5O. The van der Waals surface area contributed by atoms with Crippen molar-refractivity contribution in [3.63, 3.8) is 0 Å². The third-order valence-corrected chi connectivity index (χ3v) is 5.24. The number of aromatic nitrogens is 3. The summed E-state index contributed by atoms with van der Waals surface area (Å²) in [6, 6.07) is 12.3. The van der Waals surface area contributed by atoms with E-state index >= 15 is 0 Å². The molecule has 0 aliphatic carbocycles. The molecule has 4 rings (SSSR count).